The third kappa shape index (κ3) is 2.22. The molecule has 2 heteroatoms. The average molecular weight is 262 g/mol. The predicted octanol–water partition coefficient (Wildman–Crippen LogP) is 4.05. The van der Waals surface area contributed by atoms with Crippen molar-refractivity contribution in [2.45, 2.75) is 70.0 Å². The molecule has 2 nitrogen and oxygen atoms in total. The van der Waals surface area contributed by atoms with Crippen LogP contribution in [0.5, 0.6) is 0 Å². The van der Waals surface area contributed by atoms with E-state index in [9.17, 15) is 0 Å². The lowest BCUT2D eigenvalue weighted by atomic mass is 9.68. The SMILES string of the molecule is C(OCC1CC2OC1C1CCCCC21)=C1CCCC1. The fourth-order valence-corrected chi connectivity index (χ4v) is 4.98. The van der Waals surface area contributed by atoms with E-state index in [-0.39, 0.29) is 0 Å². The maximum Gasteiger partial charge on any atom is 0.0927 e. The minimum Gasteiger partial charge on any atom is -0.501 e. The van der Waals surface area contributed by atoms with E-state index in [1.165, 1.54) is 63.4 Å². The number of hydrogen-bond donors (Lipinski definition) is 0. The van der Waals surface area contributed by atoms with E-state index >= 15 is 0 Å². The molecular weight excluding hydrogens is 236 g/mol. The molecule has 2 aliphatic heterocycles. The molecule has 0 spiro atoms. The van der Waals surface area contributed by atoms with Gasteiger partial charge in [-0.05, 0) is 62.4 Å². The van der Waals surface area contributed by atoms with Gasteiger partial charge in [-0.2, -0.15) is 0 Å². The van der Waals surface area contributed by atoms with Crippen molar-refractivity contribution in [3.8, 4) is 0 Å². The molecule has 0 radical (unpaired) electrons. The maximum absolute atomic E-state index is 6.25. The van der Waals surface area contributed by atoms with Gasteiger partial charge in [-0.25, -0.2) is 0 Å². The van der Waals surface area contributed by atoms with Crippen LogP contribution in [0.1, 0.15) is 57.8 Å². The molecule has 2 saturated heterocycles. The first kappa shape index (κ1) is 12.3. The third-order valence-electron chi connectivity index (χ3n) is 5.91. The topological polar surface area (TPSA) is 18.5 Å². The van der Waals surface area contributed by atoms with E-state index in [4.69, 9.17) is 9.47 Å². The smallest absolute Gasteiger partial charge is 0.0927 e. The third-order valence-corrected chi connectivity index (χ3v) is 5.91. The van der Waals surface area contributed by atoms with Crippen molar-refractivity contribution in [1.82, 2.24) is 0 Å². The summed E-state index contributed by atoms with van der Waals surface area (Å²) in [4.78, 5) is 0. The predicted molar refractivity (Wildman–Crippen MR) is 74.7 cm³/mol. The van der Waals surface area contributed by atoms with E-state index in [0.717, 1.165) is 18.4 Å². The lowest BCUT2D eigenvalue weighted by Gasteiger charge is -2.35. The molecule has 106 valence electrons. The number of rotatable bonds is 3. The van der Waals surface area contributed by atoms with Gasteiger partial charge in [0.15, 0.2) is 0 Å². The molecule has 0 N–H and O–H groups in total. The molecule has 2 heterocycles. The maximum atomic E-state index is 6.25. The molecule has 2 bridgehead atoms. The zero-order valence-electron chi connectivity index (χ0n) is 11.9. The van der Waals surface area contributed by atoms with Crippen molar-refractivity contribution in [1.29, 1.82) is 0 Å². The summed E-state index contributed by atoms with van der Waals surface area (Å²) < 4.78 is 12.1. The zero-order chi connectivity index (χ0) is 12.7. The van der Waals surface area contributed by atoms with Crippen LogP contribution in [0.4, 0.5) is 0 Å². The molecule has 0 amide bonds. The van der Waals surface area contributed by atoms with Crippen molar-refractivity contribution in [2.24, 2.45) is 17.8 Å². The van der Waals surface area contributed by atoms with Gasteiger partial charge in [0.25, 0.3) is 0 Å². The van der Waals surface area contributed by atoms with Gasteiger partial charge < -0.3 is 9.47 Å². The van der Waals surface area contributed by atoms with E-state index in [2.05, 4.69) is 6.26 Å². The highest BCUT2D eigenvalue weighted by atomic mass is 16.5. The molecule has 4 rings (SSSR count). The quantitative estimate of drug-likeness (QED) is 0.714. The Balaban J connectivity index is 1.33. The molecule has 0 aromatic rings. The van der Waals surface area contributed by atoms with Gasteiger partial charge in [0, 0.05) is 5.92 Å². The summed E-state index contributed by atoms with van der Waals surface area (Å²) in [5, 5.41) is 0. The van der Waals surface area contributed by atoms with E-state index < -0.39 is 0 Å². The normalized spacial score (nSPS) is 44.4. The minimum atomic E-state index is 0.525. The molecule has 4 aliphatic rings. The highest BCUT2D eigenvalue weighted by molar-refractivity contribution is 5.04. The second-order valence-corrected chi connectivity index (χ2v) is 7.06. The first-order chi connectivity index (χ1) is 9.42. The summed E-state index contributed by atoms with van der Waals surface area (Å²) in [7, 11) is 0. The second-order valence-electron chi connectivity index (χ2n) is 7.06. The minimum absolute atomic E-state index is 0.525. The first-order valence-electron chi connectivity index (χ1n) is 8.37. The van der Waals surface area contributed by atoms with Gasteiger partial charge >= 0.3 is 0 Å². The van der Waals surface area contributed by atoms with Crippen LogP contribution >= 0.6 is 0 Å². The Morgan fingerprint density at radius 2 is 1.84 bits per heavy atom. The van der Waals surface area contributed by atoms with Gasteiger partial charge in [0.2, 0.25) is 0 Å². The Morgan fingerprint density at radius 1 is 1.05 bits per heavy atom. The van der Waals surface area contributed by atoms with E-state index in [1.807, 2.05) is 0 Å². The van der Waals surface area contributed by atoms with Gasteiger partial charge in [0.1, 0.15) is 0 Å². The van der Waals surface area contributed by atoms with E-state index in [0.29, 0.717) is 18.1 Å². The lowest BCUT2D eigenvalue weighted by molar-refractivity contribution is 0.0548. The van der Waals surface area contributed by atoms with Gasteiger partial charge in [0.05, 0.1) is 25.1 Å². The molecule has 2 saturated carbocycles. The summed E-state index contributed by atoms with van der Waals surface area (Å²) >= 11 is 0. The zero-order valence-corrected chi connectivity index (χ0v) is 11.9. The molecule has 5 atom stereocenters. The number of ether oxygens (including phenoxy) is 2. The highest BCUT2D eigenvalue weighted by Gasteiger charge is 2.54. The van der Waals surface area contributed by atoms with Crippen molar-refractivity contribution in [2.75, 3.05) is 6.61 Å². The summed E-state index contributed by atoms with van der Waals surface area (Å²) in [5.74, 6) is 2.42. The fraction of sp³-hybridized carbons (Fsp3) is 0.882. The van der Waals surface area contributed by atoms with Crippen molar-refractivity contribution in [3.05, 3.63) is 11.8 Å². The molecule has 0 aromatic heterocycles. The van der Waals surface area contributed by atoms with Gasteiger partial charge in [-0.3, -0.25) is 0 Å². The van der Waals surface area contributed by atoms with Gasteiger partial charge in [-0.1, -0.05) is 12.8 Å². The Labute approximate surface area is 116 Å². The Bertz CT molecular complexity index is 354. The molecule has 0 aromatic carbocycles. The molecule has 19 heavy (non-hydrogen) atoms. The van der Waals surface area contributed by atoms with Crippen LogP contribution < -0.4 is 0 Å². The van der Waals surface area contributed by atoms with Crippen LogP contribution in [-0.4, -0.2) is 18.8 Å². The molecular formula is C17H26O2. The summed E-state index contributed by atoms with van der Waals surface area (Å²) in [6.45, 7) is 0.897. The van der Waals surface area contributed by atoms with Crippen LogP contribution in [0.3, 0.4) is 0 Å². The standard InChI is InChI=1S/C17H26O2/c1-2-6-12(5-1)10-18-11-13-9-16-14-7-3-4-8-15(14)17(13)19-16/h10,13-17H,1-9,11H2. The summed E-state index contributed by atoms with van der Waals surface area (Å²) in [5.41, 5.74) is 1.53. The largest absolute Gasteiger partial charge is 0.501 e. The number of fused-ring (bicyclic) bond motifs is 5. The first-order valence-corrected chi connectivity index (χ1v) is 8.37. The van der Waals surface area contributed by atoms with Crippen molar-refractivity contribution in [3.63, 3.8) is 0 Å². The Kier molecular flexibility index (Phi) is 3.30. The Hall–Kier alpha value is -0.500. The lowest BCUT2D eigenvalue weighted by Crippen LogP contribution is -2.36. The van der Waals surface area contributed by atoms with Crippen LogP contribution in [-0.2, 0) is 9.47 Å². The number of allylic oxidation sites excluding steroid dienone is 1. The Morgan fingerprint density at radius 3 is 2.68 bits per heavy atom. The van der Waals surface area contributed by atoms with Crippen LogP contribution in [0.15, 0.2) is 11.8 Å². The van der Waals surface area contributed by atoms with Crippen LogP contribution in [0, 0.1) is 17.8 Å². The summed E-state index contributed by atoms with van der Waals surface area (Å²) in [6, 6.07) is 0. The van der Waals surface area contributed by atoms with E-state index in [1.54, 1.807) is 0 Å². The highest BCUT2D eigenvalue weighted by Crippen LogP contribution is 2.52. The van der Waals surface area contributed by atoms with Crippen molar-refractivity contribution >= 4 is 0 Å². The second kappa shape index (κ2) is 5.12. The molecule has 5 unspecified atom stereocenters. The van der Waals surface area contributed by atoms with Crippen molar-refractivity contribution < 1.29 is 9.47 Å². The van der Waals surface area contributed by atoms with Gasteiger partial charge in [-0.15, -0.1) is 0 Å². The molecule has 4 fully saturated rings. The summed E-state index contributed by atoms with van der Waals surface area (Å²) in [6.07, 6.45) is 15.3. The monoisotopic (exact) mass is 262 g/mol. The van der Waals surface area contributed by atoms with Crippen LogP contribution in [0.2, 0.25) is 0 Å². The number of hydrogen-bond acceptors (Lipinski definition) is 2. The van der Waals surface area contributed by atoms with Crippen LogP contribution in [0.25, 0.3) is 0 Å². The fourth-order valence-electron chi connectivity index (χ4n) is 4.98. The molecule has 2 aliphatic carbocycles. The average Bonchev–Trinajstić information content (AvgIpc) is 3.14.